The molecule has 4 rings (SSSR count). The number of hydrogen-bond acceptors (Lipinski definition) is 4. The minimum Gasteiger partial charge on any atom is -0.366 e. The molecule has 0 fully saturated rings. The molecule has 1 unspecified atom stereocenters. The van der Waals surface area contributed by atoms with Crippen molar-refractivity contribution in [2.45, 2.75) is 25.3 Å². The third-order valence-corrected chi connectivity index (χ3v) is 5.80. The molecule has 0 spiro atoms. The van der Waals surface area contributed by atoms with E-state index in [1.807, 2.05) is 39.2 Å². The summed E-state index contributed by atoms with van der Waals surface area (Å²) in [5.41, 5.74) is 4.85. The first-order valence-corrected chi connectivity index (χ1v) is 10.1. The molecule has 0 amide bonds. The monoisotopic (exact) mass is 394 g/mol. The van der Waals surface area contributed by atoms with Gasteiger partial charge in [0.1, 0.15) is 5.82 Å². The number of fused-ring (bicyclic) bond motifs is 1. The molecule has 7 nitrogen and oxygen atoms in total. The van der Waals surface area contributed by atoms with E-state index in [2.05, 4.69) is 49.4 Å². The largest absolute Gasteiger partial charge is 0.366 e. The van der Waals surface area contributed by atoms with Crippen LogP contribution in [0.15, 0.2) is 53.7 Å². The number of pyridine rings is 1. The maximum absolute atomic E-state index is 12.6. The summed E-state index contributed by atoms with van der Waals surface area (Å²) in [5, 5.41) is 8.82. The molecule has 8 heteroatoms. The number of nitrogens with zero attached hydrogens (tertiary/aromatic N) is 3. The summed E-state index contributed by atoms with van der Waals surface area (Å²) in [7, 11) is 0.469. The SMILES string of the molecule is Cc1nn(C)c(C)c1NS(=O)c1ccc(NCc2ccc3[nH]ccc3c2)nc1. The average Bonchev–Trinajstić information content (AvgIpc) is 3.26. The fraction of sp³-hybridized carbons (Fsp3) is 0.200. The van der Waals surface area contributed by atoms with Crippen molar-refractivity contribution in [3.05, 3.63) is 65.7 Å². The Labute approximate surface area is 165 Å². The van der Waals surface area contributed by atoms with Crippen molar-refractivity contribution in [1.82, 2.24) is 19.7 Å². The molecule has 0 aliphatic heterocycles. The number of H-pyrrole nitrogens is 1. The molecule has 0 aliphatic rings. The lowest BCUT2D eigenvalue weighted by Crippen LogP contribution is -2.08. The van der Waals surface area contributed by atoms with Crippen molar-refractivity contribution in [3.63, 3.8) is 0 Å². The zero-order chi connectivity index (χ0) is 19.7. The van der Waals surface area contributed by atoms with E-state index in [9.17, 15) is 4.21 Å². The van der Waals surface area contributed by atoms with Crippen LogP contribution in [-0.2, 0) is 24.6 Å². The summed E-state index contributed by atoms with van der Waals surface area (Å²) >= 11 is 0. The molecule has 0 saturated heterocycles. The highest BCUT2D eigenvalue weighted by molar-refractivity contribution is 7.86. The van der Waals surface area contributed by atoms with E-state index in [1.54, 1.807) is 10.9 Å². The summed E-state index contributed by atoms with van der Waals surface area (Å²) in [6.45, 7) is 4.50. The zero-order valence-corrected chi connectivity index (χ0v) is 16.8. The van der Waals surface area contributed by atoms with Gasteiger partial charge in [0.15, 0.2) is 11.0 Å². The van der Waals surface area contributed by atoms with Crippen LogP contribution in [0.4, 0.5) is 11.5 Å². The van der Waals surface area contributed by atoms with Crippen LogP contribution in [-0.4, -0.2) is 24.0 Å². The van der Waals surface area contributed by atoms with E-state index in [0.29, 0.717) is 11.4 Å². The zero-order valence-electron chi connectivity index (χ0n) is 16.0. The lowest BCUT2D eigenvalue weighted by atomic mass is 10.1. The Hall–Kier alpha value is -3.13. The number of aromatic nitrogens is 4. The van der Waals surface area contributed by atoms with Crippen molar-refractivity contribution >= 4 is 33.4 Å². The normalized spacial score (nSPS) is 12.2. The second kappa shape index (κ2) is 7.47. The van der Waals surface area contributed by atoms with Crippen LogP contribution in [0.3, 0.4) is 0 Å². The van der Waals surface area contributed by atoms with Gasteiger partial charge in [-0.15, -0.1) is 0 Å². The van der Waals surface area contributed by atoms with Gasteiger partial charge >= 0.3 is 0 Å². The molecule has 1 atom stereocenters. The van der Waals surface area contributed by atoms with Gasteiger partial charge < -0.3 is 10.3 Å². The highest BCUT2D eigenvalue weighted by Gasteiger charge is 2.13. The van der Waals surface area contributed by atoms with Gasteiger partial charge in [0, 0.05) is 31.5 Å². The molecule has 3 N–H and O–H groups in total. The molecular weight excluding hydrogens is 372 g/mol. The second-order valence-electron chi connectivity index (χ2n) is 6.67. The second-order valence-corrected chi connectivity index (χ2v) is 7.89. The van der Waals surface area contributed by atoms with E-state index < -0.39 is 11.0 Å². The fourth-order valence-electron chi connectivity index (χ4n) is 3.07. The lowest BCUT2D eigenvalue weighted by molar-refractivity contribution is 0.686. The maximum atomic E-state index is 12.6. The Morgan fingerprint density at radius 2 is 2.04 bits per heavy atom. The maximum Gasteiger partial charge on any atom is 0.151 e. The van der Waals surface area contributed by atoms with Crippen LogP contribution in [0.1, 0.15) is 17.0 Å². The first-order chi connectivity index (χ1) is 13.5. The van der Waals surface area contributed by atoms with Gasteiger partial charge in [-0.25, -0.2) is 9.19 Å². The van der Waals surface area contributed by atoms with Gasteiger partial charge in [0.2, 0.25) is 0 Å². The number of nitrogens with one attached hydrogen (secondary N) is 3. The fourth-order valence-corrected chi connectivity index (χ4v) is 4.01. The third kappa shape index (κ3) is 3.63. The molecule has 4 aromatic rings. The predicted octanol–water partition coefficient (Wildman–Crippen LogP) is 3.66. The number of hydrogen-bond donors (Lipinski definition) is 3. The van der Waals surface area contributed by atoms with Gasteiger partial charge in [-0.1, -0.05) is 6.07 Å². The Morgan fingerprint density at radius 3 is 2.75 bits per heavy atom. The minimum atomic E-state index is -1.40. The van der Waals surface area contributed by atoms with Gasteiger partial charge in [-0.05, 0) is 55.1 Å². The summed E-state index contributed by atoms with van der Waals surface area (Å²) in [6.07, 6.45) is 3.56. The van der Waals surface area contributed by atoms with Crippen LogP contribution in [0.25, 0.3) is 10.9 Å². The topological polar surface area (TPSA) is 87.6 Å². The van der Waals surface area contributed by atoms with E-state index in [0.717, 1.165) is 28.4 Å². The van der Waals surface area contributed by atoms with E-state index in [-0.39, 0.29) is 0 Å². The molecule has 0 aliphatic carbocycles. The highest BCUT2D eigenvalue weighted by atomic mass is 32.2. The quantitative estimate of drug-likeness (QED) is 0.466. The summed E-state index contributed by atoms with van der Waals surface area (Å²) in [6, 6.07) is 12.0. The summed E-state index contributed by atoms with van der Waals surface area (Å²) < 4.78 is 17.4. The van der Waals surface area contributed by atoms with Crippen LogP contribution in [0.5, 0.6) is 0 Å². The predicted molar refractivity (Wildman–Crippen MR) is 113 cm³/mol. The van der Waals surface area contributed by atoms with Gasteiger partial charge in [-0.2, -0.15) is 5.10 Å². The number of rotatable bonds is 6. The number of anilines is 2. The van der Waals surface area contributed by atoms with Crippen LogP contribution in [0, 0.1) is 13.8 Å². The van der Waals surface area contributed by atoms with Gasteiger partial charge in [0.25, 0.3) is 0 Å². The van der Waals surface area contributed by atoms with Crippen molar-refractivity contribution < 1.29 is 4.21 Å². The standard InChI is InChI=1S/C20H22N6OS/c1-13-20(14(2)26(3)24-13)25-28(27)17-5-7-19(23-12-17)22-11-15-4-6-18-16(10-15)8-9-21-18/h4-10,12,21,25H,11H2,1-3H3,(H,22,23). The Morgan fingerprint density at radius 1 is 1.18 bits per heavy atom. The molecule has 0 saturated carbocycles. The highest BCUT2D eigenvalue weighted by Crippen LogP contribution is 2.21. The molecule has 0 bridgehead atoms. The number of aryl methyl sites for hydroxylation is 2. The Kier molecular flexibility index (Phi) is 4.87. The first-order valence-electron chi connectivity index (χ1n) is 8.96. The van der Waals surface area contributed by atoms with Crippen molar-refractivity contribution in [2.75, 3.05) is 10.0 Å². The molecule has 0 radical (unpaired) electrons. The summed E-state index contributed by atoms with van der Waals surface area (Å²) in [4.78, 5) is 8.19. The minimum absolute atomic E-state index is 0.613. The van der Waals surface area contributed by atoms with E-state index in [1.165, 1.54) is 10.9 Å². The van der Waals surface area contributed by atoms with Crippen LogP contribution < -0.4 is 10.0 Å². The molecule has 144 valence electrons. The van der Waals surface area contributed by atoms with Gasteiger partial charge in [0.05, 0.1) is 22.0 Å². The molecule has 1 aromatic carbocycles. The van der Waals surface area contributed by atoms with Crippen molar-refractivity contribution in [2.24, 2.45) is 7.05 Å². The van der Waals surface area contributed by atoms with Gasteiger partial charge in [-0.3, -0.25) is 9.40 Å². The third-order valence-electron chi connectivity index (χ3n) is 4.75. The first kappa shape index (κ1) is 18.2. The lowest BCUT2D eigenvalue weighted by Gasteiger charge is -2.09. The Balaban J connectivity index is 1.40. The number of benzene rings is 1. The van der Waals surface area contributed by atoms with E-state index >= 15 is 0 Å². The van der Waals surface area contributed by atoms with Crippen LogP contribution in [0.2, 0.25) is 0 Å². The average molecular weight is 395 g/mol. The van der Waals surface area contributed by atoms with Crippen molar-refractivity contribution in [1.29, 1.82) is 0 Å². The van der Waals surface area contributed by atoms with Crippen LogP contribution >= 0.6 is 0 Å². The Bertz CT molecular complexity index is 1150. The summed E-state index contributed by atoms with van der Waals surface area (Å²) in [5.74, 6) is 0.739. The molecular formula is C20H22N6OS. The molecule has 3 aromatic heterocycles. The number of aromatic amines is 1. The molecule has 28 heavy (non-hydrogen) atoms. The molecule has 3 heterocycles. The van der Waals surface area contributed by atoms with Crippen molar-refractivity contribution in [3.8, 4) is 0 Å². The van der Waals surface area contributed by atoms with E-state index in [4.69, 9.17) is 0 Å². The smallest absolute Gasteiger partial charge is 0.151 e.